The van der Waals surface area contributed by atoms with Gasteiger partial charge in [-0.3, -0.25) is 0 Å². The van der Waals surface area contributed by atoms with Crippen molar-refractivity contribution >= 4 is 21.6 Å². The van der Waals surface area contributed by atoms with Crippen LogP contribution in [0.2, 0.25) is 0 Å². The van der Waals surface area contributed by atoms with Crippen molar-refractivity contribution in [3.63, 3.8) is 0 Å². The highest BCUT2D eigenvalue weighted by Gasteiger charge is 2.14. The van der Waals surface area contributed by atoms with Gasteiger partial charge in [0.05, 0.1) is 5.69 Å². The second-order valence-corrected chi connectivity index (χ2v) is 5.76. The highest BCUT2D eigenvalue weighted by atomic mass is 79.9. The van der Waals surface area contributed by atoms with Crippen molar-refractivity contribution in [2.24, 2.45) is 5.73 Å². The molecule has 3 aromatic rings. The lowest BCUT2D eigenvalue weighted by Gasteiger charge is -2.08. The molecular weight excluding hydrogens is 330 g/mol. The number of aryl methyl sites for hydroxylation is 1. The largest absolute Gasteiger partial charge is 0.437 e. The Labute approximate surface area is 131 Å². The Bertz CT molecular complexity index is 782. The maximum atomic E-state index is 6.02. The van der Waals surface area contributed by atoms with Crippen molar-refractivity contribution in [3.05, 3.63) is 58.3 Å². The molecule has 0 saturated carbocycles. The first kappa shape index (κ1) is 14.1. The number of imidazole rings is 1. The van der Waals surface area contributed by atoms with E-state index in [0.717, 1.165) is 33.5 Å². The molecule has 0 amide bonds. The Kier molecular flexibility index (Phi) is 3.94. The first-order chi connectivity index (χ1) is 10.2. The van der Waals surface area contributed by atoms with Crippen LogP contribution in [0.15, 0.2) is 47.1 Å². The van der Waals surface area contributed by atoms with Gasteiger partial charge in [-0.15, -0.1) is 0 Å². The highest BCUT2D eigenvalue weighted by molar-refractivity contribution is 9.10. The van der Waals surface area contributed by atoms with Gasteiger partial charge in [0.25, 0.3) is 0 Å². The summed E-state index contributed by atoms with van der Waals surface area (Å²) in [5.41, 5.74) is 8.64. The van der Waals surface area contributed by atoms with E-state index in [1.54, 1.807) is 0 Å². The molecule has 0 unspecified atom stereocenters. The van der Waals surface area contributed by atoms with Crippen LogP contribution in [0.5, 0.6) is 11.6 Å². The van der Waals surface area contributed by atoms with E-state index < -0.39 is 0 Å². The molecule has 4 nitrogen and oxygen atoms in total. The average molecular weight is 346 g/mol. The number of nitrogens with two attached hydrogens (primary N) is 1. The fourth-order valence-corrected chi connectivity index (χ4v) is 2.78. The van der Waals surface area contributed by atoms with E-state index in [4.69, 9.17) is 10.5 Å². The van der Waals surface area contributed by atoms with Gasteiger partial charge < -0.3 is 14.9 Å². The number of nitrogens with zero attached hydrogens (tertiary/aromatic N) is 2. The van der Waals surface area contributed by atoms with E-state index in [1.807, 2.05) is 53.9 Å². The molecule has 3 rings (SSSR count). The fraction of sp³-hybridized carbons (Fsp3) is 0.188. The summed E-state index contributed by atoms with van der Waals surface area (Å²) in [4.78, 5) is 4.56. The molecule has 2 heterocycles. The van der Waals surface area contributed by atoms with Crippen molar-refractivity contribution in [2.45, 2.75) is 13.3 Å². The average Bonchev–Trinajstić information content (AvgIpc) is 2.81. The molecule has 21 heavy (non-hydrogen) atoms. The molecule has 0 aliphatic rings. The third kappa shape index (κ3) is 2.80. The Hall–Kier alpha value is -1.85. The highest BCUT2D eigenvalue weighted by Crippen LogP contribution is 2.30. The number of rotatable bonds is 4. The molecule has 2 N–H and O–H groups in total. The molecule has 0 fully saturated rings. The Balaban J connectivity index is 2.05. The number of fused-ring (bicyclic) bond motifs is 1. The predicted octanol–water partition coefficient (Wildman–Crippen LogP) is 3.70. The van der Waals surface area contributed by atoms with Crippen LogP contribution in [0, 0.1) is 6.92 Å². The maximum Gasteiger partial charge on any atom is 0.241 e. The minimum Gasteiger partial charge on any atom is -0.437 e. The van der Waals surface area contributed by atoms with Crippen LogP contribution in [0.25, 0.3) is 5.65 Å². The maximum absolute atomic E-state index is 6.02. The zero-order valence-corrected chi connectivity index (χ0v) is 13.3. The number of halogens is 1. The number of benzene rings is 1. The monoisotopic (exact) mass is 345 g/mol. The van der Waals surface area contributed by atoms with Gasteiger partial charge >= 0.3 is 0 Å². The van der Waals surface area contributed by atoms with Gasteiger partial charge in [0, 0.05) is 17.1 Å². The molecule has 2 aromatic heterocycles. The Morgan fingerprint density at radius 1 is 1.29 bits per heavy atom. The van der Waals surface area contributed by atoms with E-state index in [-0.39, 0.29) is 0 Å². The molecule has 0 aliphatic carbocycles. The lowest BCUT2D eigenvalue weighted by molar-refractivity contribution is 0.455. The molecule has 0 spiro atoms. The van der Waals surface area contributed by atoms with Gasteiger partial charge in [-0.25, -0.2) is 0 Å². The first-order valence-corrected chi connectivity index (χ1v) is 7.58. The summed E-state index contributed by atoms with van der Waals surface area (Å²) in [6.07, 6.45) is 2.70. The molecule has 0 atom stereocenters. The summed E-state index contributed by atoms with van der Waals surface area (Å²) >= 11 is 3.46. The van der Waals surface area contributed by atoms with Crippen LogP contribution in [0.4, 0.5) is 0 Å². The predicted molar refractivity (Wildman–Crippen MR) is 86.9 cm³/mol. The van der Waals surface area contributed by atoms with Gasteiger partial charge in [0.2, 0.25) is 5.88 Å². The number of hydrogen-bond donors (Lipinski definition) is 1. The third-order valence-electron chi connectivity index (χ3n) is 3.32. The van der Waals surface area contributed by atoms with E-state index in [2.05, 4.69) is 20.9 Å². The minimum atomic E-state index is 0.554. The third-order valence-corrected chi connectivity index (χ3v) is 3.81. The van der Waals surface area contributed by atoms with E-state index in [1.165, 1.54) is 0 Å². The zero-order valence-electron chi connectivity index (χ0n) is 11.7. The molecule has 0 aliphatic heterocycles. The topological polar surface area (TPSA) is 52.5 Å². The van der Waals surface area contributed by atoms with Crippen LogP contribution in [0.3, 0.4) is 0 Å². The van der Waals surface area contributed by atoms with Crippen LogP contribution in [-0.4, -0.2) is 15.9 Å². The van der Waals surface area contributed by atoms with Crippen LogP contribution in [0.1, 0.15) is 11.3 Å². The summed E-state index contributed by atoms with van der Waals surface area (Å²) in [5.74, 6) is 1.43. The SMILES string of the molecule is Cc1cc(Br)ccc1Oc1nc2ccccn2c1CCN. The van der Waals surface area contributed by atoms with Gasteiger partial charge in [0.1, 0.15) is 11.4 Å². The van der Waals surface area contributed by atoms with Crippen LogP contribution < -0.4 is 10.5 Å². The number of hydrogen-bond acceptors (Lipinski definition) is 3. The minimum absolute atomic E-state index is 0.554. The van der Waals surface area contributed by atoms with Crippen molar-refractivity contribution in [1.29, 1.82) is 0 Å². The molecule has 0 bridgehead atoms. The van der Waals surface area contributed by atoms with Gasteiger partial charge in [-0.05, 0) is 49.4 Å². The van der Waals surface area contributed by atoms with Gasteiger partial charge in [0.15, 0.2) is 0 Å². The smallest absolute Gasteiger partial charge is 0.241 e. The molecular formula is C16H16BrN3O. The standard InChI is InChI=1S/C16H16BrN3O/c1-11-10-12(17)5-6-14(11)21-16-13(7-8-18)20-9-3-2-4-15(20)19-16/h2-6,9-10H,7-8,18H2,1H3. The number of aromatic nitrogens is 2. The molecule has 0 radical (unpaired) electrons. The second kappa shape index (κ2) is 5.87. The summed E-state index contributed by atoms with van der Waals surface area (Å²) in [6, 6.07) is 11.8. The lowest BCUT2D eigenvalue weighted by Crippen LogP contribution is -2.06. The zero-order chi connectivity index (χ0) is 14.8. The van der Waals surface area contributed by atoms with E-state index in [9.17, 15) is 0 Å². The summed E-state index contributed by atoms with van der Waals surface area (Å²) in [5, 5.41) is 0. The van der Waals surface area contributed by atoms with Crippen molar-refractivity contribution < 1.29 is 4.74 Å². The first-order valence-electron chi connectivity index (χ1n) is 6.79. The second-order valence-electron chi connectivity index (χ2n) is 4.84. The molecule has 0 saturated heterocycles. The quantitative estimate of drug-likeness (QED) is 0.784. The summed E-state index contributed by atoms with van der Waals surface area (Å²) in [7, 11) is 0. The summed E-state index contributed by atoms with van der Waals surface area (Å²) < 4.78 is 9.08. The number of ether oxygens (including phenoxy) is 1. The molecule has 1 aromatic carbocycles. The van der Waals surface area contributed by atoms with Crippen molar-refractivity contribution in [2.75, 3.05) is 6.54 Å². The molecule has 108 valence electrons. The fourth-order valence-electron chi connectivity index (χ4n) is 2.30. The van der Waals surface area contributed by atoms with E-state index in [0.29, 0.717) is 12.4 Å². The Morgan fingerprint density at radius 2 is 2.14 bits per heavy atom. The van der Waals surface area contributed by atoms with Crippen LogP contribution >= 0.6 is 15.9 Å². The van der Waals surface area contributed by atoms with E-state index >= 15 is 0 Å². The number of pyridine rings is 1. The van der Waals surface area contributed by atoms with Crippen molar-refractivity contribution in [1.82, 2.24) is 9.38 Å². The van der Waals surface area contributed by atoms with Crippen molar-refractivity contribution in [3.8, 4) is 11.6 Å². The lowest BCUT2D eigenvalue weighted by atomic mass is 10.2. The van der Waals surface area contributed by atoms with Gasteiger partial charge in [-0.1, -0.05) is 22.0 Å². The Morgan fingerprint density at radius 3 is 2.90 bits per heavy atom. The molecule has 5 heteroatoms. The summed E-state index contributed by atoms with van der Waals surface area (Å²) in [6.45, 7) is 2.57. The normalized spacial score (nSPS) is 11.0. The van der Waals surface area contributed by atoms with Gasteiger partial charge in [-0.2, -0.15) is 4.98 Å². The van der Waals surface area contributed by atoms with Crippen LogP contribution in [-0.2, 0) is 6.42 Å².